The Morgan fingerprint density at radius 2 is 1.92 bits per heavy atom. The number of hydrogen-bond donors (Lipinski definition) is 1. The number of carbonyl (C=O) groups excluding carboxylic acids is 1. The number of nitrogens with zero attached hydrogens (tertiary/aromatic N) is 2. The summed E-state index contributed by atoms with van der Waals surface area (Å²) >= 11 is 0. The lowest BCUT2D eigenvalue weighted by Crippen LogP contribution is -2.30. The van der Waals surface area contributed by atoms with Gasteiger partial charge in [0.15, 0.2) is 5.75 Å². The van der Waals surface area contributed by atoms with Gasteiger partial charge in [0, 0.05) is 18.7 Å². The van der Waals surface area contributed by atoms with Gasteiger partial charge < -0.3 is 14.7 Å². The number of hydrogen-bond acceptors (Lipinski definition) is 5. The fourth-order valence-corrected chi connectivity index (χ4v) is 2.07. The minimum atomic E-state index is -0.706. The van der Waals surface area contributed by atoms with Gasteiger partial charge >= 0.3 is 5.69 Å². The van der Waals surface area contributed by atoms with E-state index in [2.05, 4.69) is 0 Å². The lowest BCUT2D eigenvalue weighted by atomic mass is 10.1. The Hall–Kier alpha value is -3.09. The molecule has 0 fully saturated rings. The molecule has 126 valence electrons. The highest BCUT2D eigenvalue weighted by Gasteiger charge is 2.18. The Bertz CT molecular complexity index is 743. The van der Waals surface area contributed by atoms with Crippen molar-refractivity contribution in [1.29, 1.82) is 0 Å². The first-order valence-electron chi connectivity index (χ1n) is 7.31. The average Bonchev–Trinajstić information content (AvgIpc) is 2.55. The maximum Gasteiger partial charge on any atom is 0.310 e. The van der Waals surface area contributed by atoms with Gasteiger partial charge in [0.05, 0.1) is 11.5 Å². The van der Waals surface area contributed by atoms with Crippen LogP contribution in [0.4, 0.5) is 5.69 Å². The number of carbonyl (C=O) groups is 1. The number of phenols is 1. The topological polar surface area (TPSA) is 92.9 Å². The molecule has 0 spiro atoms. The number of rotatable bonds is 6. The second-order valence-corrected chi connectivity index (χ2v) is 5.35. The molecule has 0 saturated carbocycles. The van der Waals surface area contributed by atoms with Crippen LogP contribution in [0.5, 0.6) is 11.5 Å². The van der Waals surface area contributed by atoms with Crippen molar-refractivity contribution in [3.8, 4) is 11.5 Å². The maximum atomic E-state index is 12.3. The first-order valence-corrected chi connectivity index (χ1v) is 7.31. The highest BCUT2D eigenvalue weighted by atomic mass is 16.6. The summed E-state index contributed by atoms with van der Waals surface area (Å²) in [4.78, 5) is 23.6. The number of aromatic hydroxyl groups is 1. The molecule has 2 aromatic rings. The molecule has 0 saturated heterocycles. The second-order valence-electron chi connectivity index (χ2n) is 5.35. The van der Waals surface area contributed by atoms with Crippen LogP contribution in [0.1, 0.15) is 15.9 Å². The van der Waals surface area contributed by atoms with Crippen molar-refractivity contribution in [2.45, 2.75) is 6.92 Å². The summed E-state index contributed by atoms with van der Waals surface area (Å²) in [6.45, 7) is 2.63. The van der Waals surface area contributed by atoms with Crippen molar-refractivity contribution in [2.24, 2.45) is 0 Å². The summed E-state index contributed by atoms with van der Waals surface area (Å²) in [5.41, 5.74) is 0.875. The van der Waals surface area contributed by atoms with E-state index >= 15 is 0 Å². The number of benzene rings is 2. The van der Waals surface area contributed by atoms with E-state index in [0.717, 1.165) is 23.4 Å². The van der Waals surface area contributed by atoms with E-state index in [0.29, 0.717) is 13.2 Å². The van der Waals surface area contributed by atoms with Crippen molar-refractivity contribution in [3.63, 3.8) is 0 Å². The van der Waals surface area contributed by atoms with Gasteiger partial charge in [-0.25, -0.2) is 0 Å². The Labute approximate surface area is 139 Å². The molecule has 0 aliphatic carbocycles. The number of nitro benzene ring substituents is 1. The molecule has 0 unspecified atom stereocenters. The van der Waals surface area contributed by atoms with Crippen LogP contribution >= 0.6 is 0 Å². The van der Waals surface area contributed by atoms with Crippen molar-refractivity contribution >= 4 is 11.6 Å². The zero-order chi connectivity index (χ0) is 17.7. The van der Waals surface area contributed by atoms with E-state index < -0.39 is 16.4 Å². The van der Waals surface area contributed by atoms with Gasteiger partial charge in [-0.2, -0.15) is 0 Å². The van der Waals surface area contributed by atoms with E-state index in [9.17, 15) is 20.0 Å². The summed E-state index contributed by atoms with van der Waals surface area (Å²) in [6, 6.07) is 11.1. The van der Waals surface area contributed by atoms with Gasteiger partial charge in [0.25, 0.3) is 5.91 Å². The Morgan fingerprint density at radius 1 is 1.25 bits per heavy atom. The lowest BCUT2D eigenvalue weighted by molar-refractivity contribution is -0.385. The third-order valence-corrected chi connectivity index (χ3v) is 3.48. The predicted molar refractivity (Wildman–Crippen MR) is 88.4 cm³/mol. The fourth-order valence-electron chi connectivity index (χ4n) is 2.07. The van der Waals surface area contributed by atoms with E-state index in [1.165, 1.54) is 11.0 Å². The molecule has 0 heterocycles. The van der Waals surface area contributed by atoms with Gasteiger partial charge in [0.2, 0.25) is 0 Å². The van der Waals surface area contributed by atoms with E-state index in [1.54, 1.807) is 7.05 Å². The molecule has 0 radical (unpaired) electrons. The molecule has 1 amide bonds. The standard InChI is InChI=1S/C17H18N2O5/c1-12-3-6-14(7-4-12)24-10-9-18(2)17(21)13-5-8-15(19(22)23)16(20)11-13/h3-8,11,20H,9-10H2,1-2H3. The van der Waals surface area contributed by atoms with Crippen LogP contribution < -0.4 is 4.74 Å². The molecule has 0 bridgehead atoms. The molecule has 7 heteroatoms. The van der Waals surface area contributed by atoms with E-state index in [-0.39, 0.29) is 11.5 Å². The van der Waals surface area contributed by atoms with Crippen LogP contribution in [0.2, 0.25) is 0 Å². The van der Waals surface area contributed by atoms with Crippen LogP contribution in [0, 0.1) is 17.0 Å². The normalized spacial score (nSPS) is 10.2. The number of nitro groups is 1. The number of aryl methyl sites for hydroxylation is 1. The molecule has 0 atom stereocenters. The Kier molecular flexibility index (Phi) is 5.36. The van der Waals surface area contributed by atoms with Gasteiger partial charge in [0.1, 0.15) is 12.4 Å². The molecule has 24 heavy (non-hydrogen) atoms. The minimum absolute atomic E-state index is 0.177. The van der Waals surface area contributed by atoms with E-state index in [1.807, 2.05) is 31.2 Å². The number of amides is 1. The highest BCUT2D eigenvalue weighted by Crippen LogP contribution is 2.26. The summed E-state index contributed by atoms with van der Waals surface area (Å²) in [7, 11) is 1.60. The molecular formula is C17H18N2O5. The third-order valence-electron chi connectivity index (χ3n) is 3.48. The summed E-state index contributed by atoms with van der Waals surface area (Å²) < 4.78 is 5.56. The van der Waals surface area contributed by atoms with Gasteiger partial charge in [-0.15, -0.1) is 0 Å². The molecule has 0 aliphatic heterocycles. The SMILES string of the molecule is Cc1ccc(OCCN(C)C(=O)c2ccc([N+](=O)[O-])c(O)c2)cc1. The molecule has 0 aromatic heterocycles. The van der Waals surface area contributed by atoms with E-state index in [4.69, 9.17) is 4.74 Å². The smallest absolute Gasteiger partial charge is 0.310 e. The minimum Gasteiger partial charge on any atom is -0.502 e. The van der Waals surface area contributed by atoms with Crippen molar-refractivity contribution < 1.29 is 19.6 Å². The van der Waals surface area contributed by atoms with Crippen molar-refractivity contribution in [2.75, 3.05) is 20.2 Å². The zero-order valence-electron chi connectivity index (χ0n) is 13.4. The summed E-state index contributed by atoms with van der Waals surface area (Å²) in [6.07, 6.45) is 0. The molecule has 2 aromatic carbocycles. The van der Waals surface area contributed by atoms with Crippen LogP contribution in [0.25, 0.3) is 0 Å². The third kappa shape index (κ3) is 4.22. The Morgan fingerprint density at radius 3 is 2.50 bits per heavy atom. The van der Waals surface area contributed by atoms with Gasteiger partial charge in [-0.05, 0) is 31.2 Å². The number of phenolic OH excluding ortho intramolecular Hbond substituents is 1. The summed E-state index contributed by atoms with van der Waals surface area (Å²) in [5, 5.41) is 20.3. The predicted octanol–water partition coefficient (Wildman–Crippen LogP) is 2.76. The maximum absolute atomic E-state index is 12.3. The Balaban J connectivity index is 1.93. The van der Waals surface area contributed by atoms with Crippen LogP contribution in [0.15, 0.2) is 42.5 Å². The molecule has 0 aliphatic rings. The summed E-state index contributed by atoms with van der Waals surface area (Å²) in [5.74, 6) is -0.169. The van der Waals surface area contributed by atoms with Crippen molar-refractivity contribution in [1.82, 2.24) is 4.90 Å². The number of likely N-dealkylation sites (N-methyl/N-ethyl adjacent to an activating group) is 1. The van der Waals surface area contributed by atoms with Gasteiger partial charge in [-0.3, -0.25) is 14.9 Å². The van der Waals surface area contributed by atoms with Crippen LogP contribution in [-0.4, -0.2) is 41.0 Å². The largest absolute Gasteiger partial charge is 0.502 e. The first kappa shape index (κ1) is 17.3. The number of ether oxygens (including phenoxy) is 1. The fraction of sp³-hybridized carbons (Fsp3) is 0.235. The first-order chi connectivity index (χ1) is 11.4. The van der Waals surface area contributed by atoms with Crippen LogP contribution in [0.3, 0.4) is 0 Å². The molecule has 1 N–H and O–H groups in total. The van der Waals surface area contributed by atoms with Crippen molar-refractivity contribution in [3.05, 3.63) is 63.7 Å². The molecule has 2 rings (SSSR count). The monoisotopic (exact) mass is 330 g/mol. The lowest BCUT2D eigenvalue weighted by Gasteiger charge is -2.17. The highest BCUT2D eigenvalue weighted by molar-refractivity contribution is 5.94. The second kappa shape index (κ2) is 7.45. The quantitative estimate of drug-likeness (QED) is 0.649. The van der Waals surface area contributed by atoms with Crippen LogP contribution in [-0.2, 0) is 0 Å². The average molecular weight is 330 g/mol. The zero-order valence-corrected chi connectivity index (χ0v) is 13.4. The molecule has 7 nitrogen and oxygen atoms in total. The van der Waals surface area contributed by atoms with Gasteiger partial charge in [-0.1, -0.05) is 17.7 Å². The molecular weight excluding hydrogens is 312 g/mol.